The van der Waals surface area contributed by atoms with Crippen LogP contribution in [0.1, 0.15) is 5.56 Å². The monoisotopic (exact) mass is 415 g/mol. The van der Waals surface area contributed by atoms with Gasteiger partial charge in [-0.25, -0.2) is 9.97 Å². The number of hydrogen-bond acceptors (Lipinski definition) is 6. The van der Waals surface area contributed by atoms with Gasteiger partial charge >= 0.3 is 0 Å². The fraction of sp³-hybridized carbons (Fsp3) is 0.0870. The van der Waals surface area contributed by atoms with Crippen LogP contribution in [0.25, 0.3) is 5.52 Å². The highest BCUT2D eigenvalue weighted by Gasteiger charge is 2.11. The lowest BCUT2D eigenvalue weighted by Gasteiger charge is -2.13. The summed E-state index contributed by atoms with van der Waals surface area (Å²) in [5, 5.41) is 14.8. The Morgan fingerprint density at radius 2 is 2.06 bits per heavy atom. The lowest BCUT2D eigenvalue weighted by atomic mass is 10.2. The molecule has 156 valence electrons. The summed E-state index contributed by atoms with van der Waals surface area (Å²) in [7, 11) is 0. The molecule has 0 saturated carbocycles. The smallest absolute Gasteiger partial charge is 0.248 e. The van der Waals surface area contributed by atoms with E-state index in [0.717, 1.165) is 16.8 Å². The molecule has 2 aromatic carbocycles. The van der Waals surface area contributed by atoms with E-state index < -0.39 is 0 Å². The number of nitrogens with one attached hydrogen (secondary N) is 2. The van der Waals surface area contributed by atoms with Crippen LogP contribution in [-0.2, 0) is 4.79 Å². The summed E-state index contributed by atoms with van der Waals surface area (Å²) < 4.78 is 7.80. The van der Waals surface area contributed by atoms with E-state index in [4.69, 9.17) is 9.84 Å². The van der Waals surface area contributed by atoms with Crippen LogP contribution in [0.2, 0.25) is 0 Å². The number of anilines is 3. The number of rotatable bonds is 7. The van der Waals surface area contributed by atoms with E-state index >= 15 is 0 Å². The van der Waals surface area contributed by atoms with Crippen molar-refractivity contribution in [2.24, 2.45) is 0 Å². The Hall–Kier alpha value is -4.17. The maximum atomic E-state index is 11.8. The van der Waals surface area contributed by atoms with Crippen LogP contribution in [0.15, 0.2) is 79.4 Å². The van der Waals surface area contributed by atoms with Gasteiger partial charge in [0.25, 0.3) is 0 Å². The van der Waals surface area contributed by atoms with Crippen LogP contribution in [0.4, 0.5) is 17.2 Å². The molecule has 2 aromatic heterocycles. The Bertz CT molecular complexity index is 1250. The summed E-state index contributed by atoms with van der Waals surface area (Å²) in [6, 6.07) is 15.0. The van der Waals surface area contributed by atoms with Gasteiger partial charge in [-0.15, -0.1) is 0 Å². The SMILES string of the molecule is Cc1ccccc1Nc1ncc(Oc2cccc(NC(=O)/C=C/CO)c2)n2cncc12. The van der Waals surface area contributed by atoms with Crippen molar-refractivity contribution in [1.82, 2.24) is 14.4 Å². The summed E-state index contributed by atoms with van der Waals surface area (Å²) >= 11 is 0. The van der Waals surface area contributed by atoms with E-state index in [0.29, 0.717) is 23.1 Å². The molecule has 0 saturated heterocycles. The predicted octanol–water partition coefficient (Wildman–Crippen LogP) is 4.06. The van der Waals surface area contributed by atoms with E-state index in [1.54, 1.807) is 47.4 Å². The number of fused-ring (bicyclic) bond motifs is 1. The molecule has 0 unspecified atom stereocenters. The van der Waals surface area contributed by atoms with Crippen LogP contribution < -0.4 is 15.4 Å². The van der Waals surface area contributed by atoms with E-state index in [-0.39, 0.29) is 12.5 Å². The van der Waals surface area contributed by atoms with Crippen molar-refractivity contribution in [3.8, 4) is 11.6 Å². The molecule has 4 rings (SSSR count). The summed E-state index contributed by atoms with van der Waals surface area (Å²) in [6.45, 7) is 1.83. The van der Waals surface area contributed by atoms with Crippen molar-refractivity contribution >= 4 is 28.6 Å². The van der Waals surface area contributed by atoms with Crippen LogP contribution in [0.5, 0.6) is 11.6 Å². The number of benzene rings is 2. The molecule has 0 aliphatic rings. The molecule has 0 radical (unpaired) electrons. The molecule has 4 aromatic rings. The minimum absolute atomic E-state index is 0.195. The minimum atomic E-state index is -0.337. The van der Waals surface area contributed by atoms with Gasteiger partial charge in [-0.05, 0) is 30.7 Å². The third kappa shape index (κ3) is 4.71. The average Bonchev–Trinajstić information content (AvgIpc) is 3.26. The highest BCUT2D eigenvalue weighted by Crippen LogP contribution is 2.28. The summed E-state index contributed by atoms with van der Waals surface area (Å²) in [5.74, 6) is 1.33. The fourth-order valence-electron chi connectivity index (χ4n) is 3.01. The van der Waals surface area contributed by atoms with E-state index in [2.05, 4.69) is 20.6 Å². The van der Waals surface area contributed by atoms with E-state index in [1.807, 2.05) is 31.2 Å². The largest absolute Gasteiger partial charge is 0.439 e. The number of hydrogen-bond donors (Lipinski definition) is 3. The highest BCUT2D eigenvalue weighted by atomic mass is 16.5. The average molecular weight is 415 g/mol. The van der Waals surface area contributed by atoms with Crippen molar-refractivity contribution < 1.29 is 14.6 Å². The molecule has 0 atom stereocenters. The van der Waals surface area contributed by atoms with Gasteiger partial charge in [-0.1, -0.05) is 30.3 Å². The zero-order valence-corrected chi connectivity index (χ0v) is 16.8. The highest BCUT2D eigenvalue weighted by molar-refractivity contribution is 5.99. The third-order valence-electron chi connectivity index (χ3n) is 4.52. The second-order valence-electron chi connectivity index (χ2n) is 6.74. The van der Waals surface area contributed by atoms with Gasteiger partial charge in [-0.2, -0.15) is 0 Å². The number of para-hydroxylation sites is 1. The van der Waals surface area contributed by atoms with Crippen molar-refractivity contribution in [3.63, 3.8) is 0 Å². The van der Waals surface area contributed by atoms with Crippen molar-refractivity contribution in [2.75, 3.05) is 17.2 Å². The molecule has 0 aliphatic heterocycles. The first kappa shape index (κ1) is 20.1. The number of imidazole rings is 1. The van der Waals surface area contributed by atoms with Crippen LogP contribution in [0, 0.1) is 6.92 Å². The summed E-state index contributed by atoms with van der Waals surface area (Å²) in [4.78, 5) is 20.6. The molecule has 0 aliphatic carbocycles. The fourth-order valence-corrected chi connectivity index (χ4v) is 3.01. The lowest BCUT2D eigenvalue weighted by molar-refractivity contribution is -0.111. The molecule has 31 heavy (non-hydrogen) atoms. The van der Waals surface area contributed by atoms with Crippen LogP contribution in [0.3, 0.4) is 0 Å². The van der Waals surface area contributed by atoms with Gasteiger partial charge in [0.2, 0.25) is 11.8 Å². The van der Waals surface area contributed by atoms with Gasteiger partial charge in [-0.3, -0.25) is 9.20 Å². The molecular formula is C23H21N5O3. The third-order valence-corrected chi connectivity index (χ3v) is 4.52. The van der Waals surface area contributed by atoms with Gasteiger partial charge in [0, 0.05) is 23.5 Å². The molecule has 8 heteroatoms. The van der Waals surface area contributed by atoms with Crippen molar-refractivity contribution in [2.45, 2.75) is 6.92 Å². The van der Waals surface area contributed by atoms with E-state index in [9.17, 15) is 4.79 Å². The van der Waals surface area contributed by atoms with Crippen LogP contribution >= 0.6 is 0 Å². The zero-order valence-electron chi connectivity index (χ0n) is 16.8. The zero-order chi connectivity index (χ0) is 21.6. The van der Waals surface area contributed by atoms with Gasteiger partial charge in [0.15, 0.2) is 5.82 Å². The normalized spacial score (nSPS) is 11.0. The second kappa shape index (κ2) is 9.10. The quantitative estimate of drug-likeness (QED) is 0.394. The Morgan fingerprint density at radius 1 is 1.19 bits per heavy atom. The molecule has 2 heterocycles. The number of aliphatic hydroxyl groups is 1. The first-order valence-electron chi connectivity index (χ1n) is 9.64. The number of aromatic nitrogens is 3. The molecule has 0 spiro atoms. The first-order valence-corrected chi connectivity index (χ1v) is 9.64. The molecule has 8 nitrogen and oxygen atoms in total. The number of aryl methyl sites for hydroxylation is 1. The Labute approximate surface area is 178 Å². The maximum absolute atomic E-state index is 11.8. The Balaban J connectivity index is 1.57. The summed E-state index contributed by atoms with van der Waals surface area (Å²) in [5.41, 5.74) is 3.40. The second-order valence-corrected chi connectivity index (χ2v) is 6.74. The molecule has 1 amide bonds. The van der Waals surface area contributed by atoms with Crippen molar-refractivity contribution in [1.29, 1.82) is 0 Å². The van der Waals surface area contributed by atoms with Gasteiger partial charge < -0.3 is 20.5 Å². The number of aliphatic hydroxyl groups excluding tert-OH is 1. The van der Waals surface area contributed by atoms with E-state index in [1.165, 1.54) is 12.2 Å². The minimum Gasteiger partial charge on any atom is -0.439 e. The Kier molecular flexibility index (Phi) is 5.91. The van der Waals surface area contributed by atoms with Gasteiger partial charge in [0.05, 0.1) is 19.0 Å². The topological polar surface area (TPSA) is 101 Å². The lowest BCUT2D eigenvalue weighted by Crippen LogP contribution is -2.08. The number of carbonyl (C=O) groups excluding carboxylic acids is 1. The molecule has 0 bridgehead atoms. The summed E-state index contributed by atoms with van der Waals surface area (Å²) in [6.07, 6.45) is 7.62. The molecule has 0 fully saturated rings. The van der Waals surface area contributed by atoms with Crippen LogP contribution in [-0.4, -0.2) is 32.0 Å². The number of ether oxygens (including phenoxy) is 1. The number of amides is 1. The van der Waals surface area contributed by atoms with Gasteiger partial charge in [0.1, 0.15) is 17.6 Å². The number of carbonyl (C=O) groups is 1. The van der Waals surface area contributed by atoms with Crippen molar-refractivity contribution in [3.05, 3.63) is 85.0 Å². The predicted molar refractivity (Wildman–Crippen MR) is 119 cm³/mol. The standard InChI is InChI=1S/C23H21N5O3/c1-16-6-2-3-9-19(16)27-23-20-13-24-15-28(20)22(14-25-23)31-18-8-4-7-17(12-18)26-21(30)10-5-11-29/h2-10,12-15,29H,11H2,1H3,(H,25,27)(H,26,30)/b10-5+. The maximum Gasteiger partial charge on any atom is 0.248 e. The number of nitrogens with zero attached hydrogens (tertiary/aromatic N) is 3. The molecule has 3 N–H and O–H groups in total. The Morgan fingerprint density at radius 3 is 2.90 bits per heavy atom. The molecular weight excluding hydrogens is 394 g/mol. The first-order chi connectivity index (χ1) is 15.1.